The summed E-state index contributed by atoms with van der Waals surface area (Å²) in [5.41, 5.74) is 0.890. The van der Waals surface area contributed by atoms with Crippen LogP contribution in [0.15, 0.2) is 16.1 Å². The van der Waals surface area contributed by atoms with Gasteiger partial charge < -0.3 is 4.74 Å². The number of carbonyl (C=O) groups excluding carboxylic acids is 1. The summed E-state index contributed by atoms with van der Waals surface area (Å²) < 4.78 is 4.47. The molecule has 0 heterocycles. The number of halogens is 1. The minimum absolute atomic E-state index is 0.0898. The van der Waals surface area contributed by atoms with E-state index in [0.717, 1.165) is 30.0 Å². The highest BCUT2D eigenvalue weighted by Crippen LogP contribution is 2.18. The van der Waals surface area contributed by atoms with E-state index in [-0.39, 0.29) is 12.5 Å². The quantitative estimate of drug-likeness (QED) is 0.641. The van der Waals surface area contributed by atoms with Gasteiger partial charge in [0.15, 0.2) is 0 Å². The lowest BCUT2D eigenvalue weighted by molar-refractivity contribution is -0.138. The van der Waals surface area contributed by atoms with E-state index in [4.69, 9.17) is 11.6 Å². The molecule has 0 aliphatic heterocycles. The molecular weight excluding hydrogens is 190 g/mol. The van der Waals surface area contributed by atoms with E-state index in [9.17, 15) is 4.79 Å². The number of carbonyl (C=O) groups is 1. The van der Waals surface area contributed by atoms with Crippen LogP contribution in [-0.4, -0.2) is 25.3 Å². The molecule has 0 atom stereocenters. The maximum atomic E-state index is 10.8. The van der Waals surface area contributed by atoms with Crippen LogP contribution in [0.5, 0.6) is 0 Å². The zero-order valence-corrected chi connectivity index (χ0v) is 8.30. The molecule has 0 aromatic rings. The van der Waals surface area contributed by atoms with Gasteiger partial charge in [-0.3, -0.25) is 9.79 Å². The monoisotopic (exact) mass is 201 g/mol. The van der Waals surface area contributed by atoms with E-state index in [1.807, 2.05) is 6.08 Å². The highest BCUT2D eigenvalue weighted by Gasteiger charge is 2.07. The third-order valence-electron chi connectivity index (χ3n) is 1.81. The number of hydrogen-bond acceptors (Lipinski definition) is 3. The molecule has 0 unspecified atom stereocenters. The highest BCUT2D eigenvalue weighted by molar-refractivity contribution is 6.31. The Morgan fingerprint density at radius 1 is 1.69 bits per heavy atom. The van der Waals surface area contributed by atoms with Crippen LogP contribution in [-0.2, 0) is 9.53 Å². The molecule has 0 aromatic heterocycles. The van der Waals surface area contributed by atoms with Crippen molar-refractivity contribution in [1.82, 2.24) is 0 Å². The first kappa shape index (κ1) is 10.3. The largest absolute Gasteiger partial charge is 0.468 e. The van der Waals surface area contributed by atoms with Crippen molar-refractivity contribution in [3.05, 3.63) is 11.1 Å². The van der Waals surface area contributed by atoms with Gasteiger partial charge in [-0.15, -0.1) is 0 Å². The molecule has 0 bridgehead atoms. The Balaban J connectivity index is 2.51. The predicted octanol–water partition coefficient (Wildman–Crippen LogP) is 1.91. The first-order valence-electron chi connectivity index (χ1n) is 4.18. The van der Waals surface area contributed by atoms with Crippen LogP contribution >= 0.6 is 11.6 Å². The van der Waals surface area contributed by atoms with Crippen LogP contribution in [0.4, 0.5) is 0 Å². The van der Waals surface area contributed by atoms with Crippen LogP contribution in [0, 0.1) is 0 Å². The number of allylic oxidation sites excluding steroid dienone is 2. The fourth-order valence-corrected chi connectivity index (χ4v) is 1.38. The lowest BCUT2D eigenvalue weighted by Crippen LogP contribution is -2.08. The number of rotatable bonds is 2. The van der Waals surface area contributed by atoms with Crippen molar-refractivity contribution in [3.8, 4) is 0 Å². The van der Waals surface area contributed by atoms with Crippen LogP contribution in [0.2, 0.25) is 0 Å². The Bertz CT molecular complexity index is 258. The molecule has 0 spiro atoms. The zero-order chi connectivity index (χ0) is 9.68. The number of nitrogens with zero attached hydrogens (tertiary/aromatic N) is 1. The Morgan fingerprint density at radius 3 is 3.08 bits per heavy atom. The van der Waals surface area contributed by atoms with Crippen molar-refractivity contribution >= 4 is 23.3 Å². The predicted molar refractivity (Wildman–Crippen MR) is 52.1 cm³/mol. The SMILES string of the molecule is COC(=O)C/N=C1/C=C(Cl)CCC1. The summed E-state index contributed by atoms with van der Waals surface area (Å²) >= 11 is 5.82. The fourth-order valence-electron chi connectivity index (χ4n) is 1.12. The van der Waals surface area contributed by atoms with Gasteiger partial charge in [0.2, 0.25) is 0 Å². The van der Waals surface area contributed by atoms with Crippen molar-refractivity contribution < 1.29 is 9.53 Å². The van der Waals surface area contributed by atoms with Gasteiger partial charge in [0, 0.05) is 10.7 Å². The fraction of sp³-hybridized carbons (Fsp3) is 0.556. The van der Waals surface area contributed by atoms with Crippen molar-refractivity contribution in [2.45, 2.75) is 19.3 Å². The Labute approximate surface area is 82.4 Å². The summed E-state index contributed by atoms with van der Waals surface area (Å²) in [6, 6.07) is 0. The third kappa shape index (κ3) is 3.59. The molecule has 1 aliphatic carbocycles. The number of hydrogen-bond donors (Lipinski definition) is 0. The second-order valence-corrected chi connectivity index (χ2v) is 3.31. The summed E-state index contributed by atoms with van der Waals surface area (Å²) in [6.07, 6.45) is 4.65. The minimum Gasteiger partial charge on any atom is -0.468 e. The van der Waals surface area contributed by atoms with Gasteiger partial charge >= 0.3 is 5.97 Å². The van der Waals surface area contributed by atoms with E-state index in [0.29, 0.717) is 0 Å². The maximum Gasteiger partial charge on any atom is 0.327 e. The van der Waals surface area contributed by atoms with Crippen LogP contribution in [0.3, 0.4) is 0 Å². The molecule has 1 aliphatic rings. The average Bonchev–Trinajstić information content (AvgIpc) is 2.14. The first-order valence-corrected chi connectivity index (χ1v) is 4.56. The molecule has 0 radical (unpaired) electrons. The second-order valence-electron chi connectivity index (χ2n) is 2.83. The summed E-state index contributed by atoms with van der Waals surface area (Å²) in [6.45, 7) is 0.0898. The average molecular weight is 202 g/mol. The third-order valence-corrected chi connectivity index (χ3v) is 2.11. The van der Waals surface area contributed by atoms with Gasteiger partial charge in [-0.1, -0.05) is 11.6 Å². The Kier molecular flexibility index (Phi) is 3.96. The second kappa shape index (κ2) is 5.02. The van der Waals surface area contributed by atoms with Crippen molar-refractivity contribution in [2.24, 2.45) is 4.99 Å². The van der Waals surface area contributed by atoms with Crippen LogP contribution in [0.25, 0.3) is 0 Å². The van der Waals surface area contributed by atoms with E-state index in [1.54, 1.807) is 0 Å². The molecule has 1 rings (SSSR count). The number of methoxy groups -OCH3 is 1. The lowest BCUT2D eigenvalue weighted by Gasteiger charge is -2.08. The molecular formula is C9H12ClNO2. The van der Waals surface area contributed by atoms with Gasteiger partial charge in [-0.05, 0) is 25.3 Å². The molecule has 72 valence electrons. The van der Waals surface area contributed by atoms with E-state index in [2.05, 4.69) is 9.73 Å². The molecule has 0 saturated carbocycles. The van der Waals surface area contributed by atoms with Crippen LogP contribution < -0.4 is 0 Å². The normalized spacial score (nSPS) is 19.8. The topological polar surface area (TPSA) is 38.7 Å². The van der Waals surface area contributed by atoms with Crippen molar-refractivity contribution in [3.63, 3.8) is 0 Å². The van der Waals surface area contributed by atoms with E-state index < -0.39 is 0 Å². The summed E-state index contributed by atoms with van der Waals surface area (Å²) in [7, 11) is 1.35. The summed E-state index contributed by atoms with van der Waals surface area (Å²) in [5.74, 6) is -0.317. The van der Waals surface area contributed by atoms with Gasteiger partial charge in [-0.25, -0.2) is 0 Å². The Hall–Kier alpha value is -0.830. The minimum atomic E-state index is -0.317. The van der Waals surface area contributed by atoms with E-state index >= 15 is 0 Å². The number of aliphatic imine (C=N–C) groups is 1. The molecule has 4 heteroatoms. The molecule has 13 heavy (non-hydrogen) atoms. The first-order chi connectivity index (χ1) is 6.22. The highest BCUT2D eigenvalue weighted by atomic mass is 35.5. The maximum absolute atomic E-state index is 10.8. The molecule has 0 fully saturated rings. The van der Waals surface area contributed by atoms with Gasteiger partial charge in [0.05, 0.1) is 7.11 Å². The Morgan fingerprint density at radius 2 is 2.46 bits per heavy atom. The van der Waals surface area contributed by atoms with Crippen molar-refractivity contribution in [1.29, 1.82) is 0 Å². The van der Waals surface area contributed by atoms with Gasteiger partial charge in [-0.2, -0.15) is 0 Å². The van der Waals surface area contributed by atoms with E-state index in [1.165, 1.54) is 7.11 Å². The number of ether oxygens (including phenoxy) is 1. The lowest BCUT2D eigenvalue weighted by atomic mass is 10.1. The molecule has 3 nitrogen and oxygen atoms in total. The summed E-state index contributed by atoms with van der Waals surface area (Å²) in [4.78, 5) is 14.8. The smallest absolute Gasteiger partial charge is 0.327 e. The molecule has 0 N–H and O–H groups in total. The van der Waals surface area contributed by atoms with Crippen molar-refractivity contribution in [2.75, 3.05) is 13.7 Å². The van der Waals surface area contributed by atoms with Gasteiger partial charge in [0.1, 0.15) is 6.54 Å². The van der Waals surface area contributed by atoms with Crippen LogP contribution in [0.1, 0.15) is 19.3 Å². The number of esters is 1. The molecule has 0 aromatic carbocycles. The standard InChI is InChI=1S/C9H12ClNO2/c1-13-9(12)6-11-8-4-2-3-7(10)5-8/h5H,2-4,6H2,1H3/b11-8+. The summed E-state index contributed by atoms with van der Waals surface area (Å²) in [5, 5.41) is 0.815. The molecule has 0 saturated heterocycles. The molecule has 0 amide bonds. The zero-order valence-electron chi connectivity index (χ0n) is 7.55. The van der Waals surface area contributed by atoms with Gasteiger partial charge in [0.25, 0.3) is 0 Å².